The van der Waals surface area contributed by atoms with Gasteiger partial charge in [-0.3, -0.25) is 4.79 Å². The van der Waals surface area contributed by atoms with Crippen molar-refractivity contribution in [2.75, 3.05) is 25.0 Å². The first-order valence-electron chi connectivity index (χ1n) is 8.08. The lowest BCUT2D eigenvalue weighted by atomic mass is 9.98. The van der Waals surface area contributed by atoms with E-state index >= 15 is 0 Å². The molecule has 0 radical (unpaired) electrons. The molecule has 126 valence electrons. The number of amides is 3. The molecule has 1 aliphatic heterocycles. The van der Waals surface area contributed by atoms with Crippen LogP contribution in [0.4, 0.5) is 10.5 Å². The molecular formula is C17H24BrN3O2. The van der Waals surface area contributed by atoms with E-state index in [1.54, 1.807) is 0 Å². The minimum Gasteiger partial charge on any atom is -0.356 e. The van der Waals surface area contributed by atoms with E-state index in [9.17, 15) is 9.59 Å². The van der Waals surface area contributed by atoms with Crippen LogP contribution in [0.5, 0.6) is 0 Å². The molecule has 0 unspecified atom stereocenters. The summed E-state index contributed by atoms with van der Waals surface area (Å²) < 4.78 is 1.03. The van der Waals surface area contributed by atoms with Crippen LogP contribution in [0.3, 0.4) is 0 Å². The Hall–Kier alpha value is -1.56. The first-order chi connectivity index (χ1) is 11.0. The van der Waals surface area contributed by atoms with Gasteiger partial charge in [0.1, 0.15) is 0 Å². The van der Waals surface area contributed by atoms with Crippen LogP contribution in [0, 0.1) is 12.8 Å². The van der Waals surface area contributed by atoms with Crippen molar-refractivity contribution in [2.24, 2.45) is 5.92 Å². The van der Waals surface area contributed by atoms with Crippen molar-refractivity contribution in [1.29, 1.82) is 0 Å². The number of aryl methyl sites for hydroxylation is 1. The first kappa shape index (κ1) is 17.8. The molecule has 0 bridgehead atoms. The second-order valence-electron chi connectivity index (χ2n) is 6.01. The van der Waals surface area contributed by atoms with Crippen LogP contribution in [0.15, 0.2) is 22.7 Å². The van der Waals surface area contributed by atoms with Crippen LogP contribution in [-0.2, 0) is 4.79 Å². The van der Waals surface area contributed by atoms with Gasteiger partial charge >= 0.3 is 6.03 Å². The van der Waals surface area contributed by atoms with Gasteiger partial charge in [0.25, 0.3) is 0 Å². The third kappa shape index (κ3) is 5.23. The zero-order valence-corrected chi connectivity index (χ0v) is 15.3. The molecule has 0 aliphatic carbocycles. The standard InChI is InChI=1S/C17H24BrN3O2/c1-3-16(22)19-10-13-5-4-8-21(11-13)17(23)20-14-6-7-15(18)12(2)9-14/h6-7,9,13H,3-5,8,10-11H2,1-2H3,(H,19,22)(H,20,23)/t13-/m0/s1. The van der Waals surface area contributed by atoms with Gasteiger partial charge in [-0.1, -0.05) is 22.9 Å². The van der Waals surface area contributed by atoms with Gasteiger partial charge in [0.05, 0.1) is 0 Å². The number of nitrogens with zero attached hydrogens (tertiary/aromatic N) is 1. The van der Waals surface area contributed by atoms with Crippen LogP contribution in [-0.4, -0.2) is 36.5 Å². The van der Waals surface area contributed by atoms with Crippen molar-refractivity contribution < 1.29 is 9.59 Å². The number of rotatable bonds is 4. The summed E-state index contributed by atoms with van der Waals surface area (Å²) >= 11 is 3.46. The Morgan fingerprint density at radius 2 is 2.17 bits per heavy atom. The van der Waals surface area contributed by atoms with Crippen molar-refractivity contribution in [3.63, 3.8) is 0 Å². The molecule has 0 spiro atoms. The maximum Gasteiger partial charge on any atom is 0.321 e. The zero-order chi connectivity index (χ0) is 16.8. The number of urea groups is 1. The average Bonchev–Trinajstić information content (AvgIpc) is 2.56. The van der Waals surface area contributed by atoms with Gasteiger partial charge in [-0.05, 0) is 49.4 Å². The molecule has 1 saturated heterocycles. The van der Waals surface area contributed by atoms with Crippen LogP contribution in [0.25, 0.3) is 0 Å². The Morgan fingerprint density at radius 1 is 1.39 bits per heavy atom. The van der Waals surface area contributed by atoms with Gasteiger partial charge in [-0.2, -0.15) is 0 Å². The number of hydrogen-bond donors (Lipinski definition) is 2. The van der Waals surface area contributed by atoms with Crippen molar-refractivity contribution in [3.05, 3.63) is 28.2 Å². The van der Waals surface area contributed by atoms with Crippen molar-refractivity contribution >= 4 is 33.6 Å². The van der Waals surface area contributed by atoms with E-state index in [-0.39, 0.29) is 11.9 Å². The summed E-state index contributed by atoms with van der Waals surface area (Å²) in [5.74, 6) is 0.397. The first-order valence-corrected chi connectivity index (χ1v) is 8.87. The highest BCUT2D eigenvalue weighted by Crippen LogP contribution is 2.21. The predicted molar refractivity (Wildman–Crippen MR) is 95.5 cm³/mol. The number of carbonyl (C=O) groups excluding carboxylic acids is 2. The fraction of sp³-hybridized carbons (Fsp3) is 0.529. The number of halogens is 1. The summed E-state index contributed by atoms with van der Waals surface area (Å²) in [6.45, 7) is 5.93. The molecule has 3 amide bonds. The number of nitrogens with one attached hydrogen (secondary N) is 2. The molecular weight excluding hydrogens is 358 g/mol. The number of likely N-dealkylation sites (tertiary alicyclic amines) is 1. The quantitative estimate of drug-likeness (QED) is 0.837. The monoisotopic (exact) mass is 381 g/mol. The largest absolute Gasteiger partial charge is 0.356 e. The van der Waals surface area contributed by atoms with Gasteiger partial charge in [0, 0.05) is 36.2 Å². The van der Waals surface area contributed by atoms with Gasteiger partial charge in [0.15, 0.2) is 0 Å². The topological polar surface area (TPSA) is 61.4 Å². The van der Waals surface area contributed by atoms with E-state index < -0.39 is 0 Å². The smallest absolute Gasteiger partial charge is 0.321 e. The molecule has 1 aromatic rings. The fourth-order valence-electron chi connectivity index (χ4n) is 2.72. The lowest BCUT2D eigenvalue weighted by Gasteiger charge is -2.32. The highest BCUT2D eigenvalue weighted by molar-refractivity contribution is 9.10. The fourth-order valence-corrected chi connectivity index (χ4v) is 2.97. The molecule has 23 heavy (non-hydrogen) atoms. The second kappa shape index (κ2) is 8.34. The molecule has 2 N–H and O–H groups in total. The Kier molecular flexibility index (Phi) is 6.45. The number of benzene rings is 1. The maximum absolute atomic E-state index is 12.4. The number of hydrogen-bond acceptors (Lipinski definition) is 2. The molecule has 1 aromatic carbocycles. The Morgan fingerprint density at radius 3 is 2.87 bits per heavy atom. The van der Waals surface area contributed by atoms with E-state index in [1.165, 1.54) is 0 Å². The summed E-state index contributed by atoms with van der Waals surface area (Å²) in [5, 5.41) is 5.88. The van der Waals surface area contributed by atoms with E-state index in [1.807, 2.05) is 36.9 Å². The molecule has 0 aromatic heterocycles. The van der Waals surface area contributed by atoms with E-state index in [2.05, 4.69) is 26.6 Å². The molecule has 6 heteroatoms. The molecule has 1 atom stereocenters. The minimum atomic E-state index is -0.0711. The van der Waals surface area contributed by atoms with E-state index in [4.69, 9.17) is 0 Å². The third-order valence-electron chi connectivity index (χ3n) is 4.12. The Balaban J connectivity index is 1.88. The molecule has 1 fully saturated rings. The van der Waals surface area contributed by atoms with Crippen LogP contribution >= 0.6 is 15.9 Å². The lowest BCUT2D eigenvalue weighted by Crippen LogP contribution is -2.45. The minimum absolute atomic E-state index is 0.0666. The number of carbonyl (C=O) groups is 2. The molecule has 0 saturated carbocycles. The Bertz CT molecular complexity index is 577. The van der Waals surface area contributed by atoms with Gasteiger partial charge in [-0.15, -0.1) is 0 Å². The summed E-state index contributed by atoms with van der Waals surface area (Å²) in [4.78, 5) is 25.6. The number of piperidine rings is 1. The van der Waals surface area contributed by atoms with Crippen LogP contribution in [0.1, 0.15) is 31.7 Å². The molecule has 1 heterocycles. The third-order valence-corrected chi connectivity index (χ3v) is 5.01. The van der Waals surface area contributed by atoms with Crippen molar-refractivity contribution in [1.82, 2.24) is 10.2 Å². The normalized spacial score (nSPS) is 17.7. The van der Waals surface area contributed by atoms with Crippen LogP contribution in [0.2, 0.25) is 0 Å². The van der Waals surface area contributed by atoms with Crippen molar-refractivity contribution in [3.8, 4) is 0 Å². The van der Waals surface area contributed by atoms with Gasteiger partial charge in [-0.25, -0.2) is 4.79 Å². The highest BCUT2D eigenvalue weighted by Gasteiger charge is 2.24. The molecule has 2 rings (SSSR count). The van der Waals surface area contributed by atoms with Gasteiger partial charge in [0.2, 0.25) is 5.91 Å². The second-order valence-corrected chi connectivity index (χ2v) is 6.86. The SMILES string of the molecule is CCC(=O)NC[C@@H]1CCCN(C(=O)Nc2ccc(Br)c(C)c2)C1. The zero-order valence-electron chi connectivity index (χ0n) is 13.7. The van der Waals surface area contributed by atoms with E-state index in [0.717, 1.165) is 35.1 Å². The predicted octanol–water partition coefficient (Wildman–Crippen LogP) is 3.53. The highest BCUT2D eigenvalue weighted by atomic mass is 79.9. The summed E-state index contributed by atoms with van der Waals surface area (Å²) in [5.41, 5.74) is 1.89. The summed E-state index contributed by atoms with van der Waals surface area (Å²) in [6.07, 6.45) is 2.52. The van der Waals surface area contributed by atoms with Crippen LogP contribution < -0.4 is 10.6 Å². The summed E-state index contributed by atoms with van der Waals surface area (Å²) in [6, 6.07) is 5.70. The average molecular weight is 382 g/mol. The van der Waals surface area contributed by atoms with E-state index in [0.29, 0.717) is 25.4 Å². The maximum atomic E-state index is 12.4. The van der Waals surface area contributed by atoms with Gasteiger partial charge < -0.3 is 15.5 Å². The number of anilines is 1. The Labute approximate surface area is 145 Å². The summed E-state index contributed by atoms with van der Waals surface area (Å²) in [7, 11) is 0. The molecule has 1 aliphatic rings. The lowest BCUT2D eigenvalue weighted by molar-refractivity contribution is -0.121. The van der Waals surface area contributed by atoms with Crippen molar-refractivity contribution in [2.45, 2.75) is 33.1 Å². The molecule has 5 nitrogen and oxygen atoms in total.